The molecule has 1 heterocycles. The van der Waals surface area contributed by atoms with Crippen LogP contribution >= 0.6 is 11.3 Å². The summed E-state index contributed by atoms with van der Waals surface area (Å²) in [5.41, 5.74) is 0.710. The van der Waals surface area contributed by atoms with Gasteiger partial charge in [-0.05, 0) is 43.3 Å². The van der Waals surface area contributed by atoms with E-state index >= 15 is 0 Å². The summed E-state index contributed by atoms with van der Waals surface area (Å²) in [6.07, 6.45) is -1.11. The van der Waals surface area contributed by atoms with Gasteiger partial charge in [-0.3, -0.25) is 14.4 Å². The summed E-state index contributed by atoms with van der Waals surface area (Å²) in [5, 5.41) is 7.03. The second kappa shape index (κ2) is 9.97. The van der Waals surface area contributed by atoms with E-state index < -0.39 is 24.0 Å². The number of ether oxygens (including phenoxy) is 1. The van der Waals surface area contributed by atoms with E-state index in [1.54, 1.807) is 55.6 Å². The largest absolute Gasteiger partial charge is 0.451 e. The monoisotopic (exact) mass is 416 g/mol. The van der Waals surface area contributed by atoms with Crippen LogP contribution in [0.25, 0.3) is 0 Å². The SMILES string of the molecule is CC(=O)c1ccccc1NC(=O)[C@@H](C)OC(=O)[C@@H](NC(=O)c1cccs1)C(C)C. The molecule has 2 aromatic rings. The molecule has 1 aromatic heterocycles. The Balaban J connectivity index is 2.02. The van der Waals surface area contributed by atoms with Crippen LogP contribution in [0.3, 0.4) is 0 Å². The fourth-order valence-electron chi connectivity index (χ4n) is 2.55. The van der Waals surface area contributed by atoms with Crippen LogP contribution < -0.4 is 10.6 Å². The Morgan fingerprint density at radius 2 is 1.69 bits per heavy atom. The van der Waals surface area contributed by atoms with Gasteiger partial charge in [0.05, 0.1) is 10.6 Å². The van der Waals surface area contributed by atoms with Gasteiger partial charge in [0.2, 0.25) is 0 Å². The van der Waals surface area contributed by atoms with E-state index in [9.17, 15) is 19.2 Å². The maximum Gasteiger partial charge on any atom is 0.329 e. The van der Waals surface area contributed by atoms with Gasteiger partial charge in [-0.25, -0.2) is 4.79 Å². The summed E-state index contributed by atoms with van der Waals surface area (Å²) in [6, 6.07) is 9.08. The molecule has 0 aliphatic heterocycles. The van der Waals surface area contributed by atoms with Crippen LogP contribution in [0.4, 0.5) is 5.69 Å². The number of Topliss-reactive ketones (excluding diaryl/α,β-unsaturated/α-hetero) is 1. The minimum absolute atomic E-state index is 0.193. The summed E-state index contributed by atoms with van der Waals surface area (Å²) < 4.78 is 5.28. The van der Waals surface area contributed by atoms with Crippen LogP contribution in [0.1, 0.15) is 47.7 Å². The van der Waals surface area contributed by atoms with E-state index in [4.69, 9.17) is 4.74 Å². The molecule has 154 valence electrons. The smallest absolute Gasteiger partial charge is 0.329 e. The van der Waals surface area contributed by atoms with Crippen molar-refractivity contribution in [3.05, 3.63) is 52.2 Å². The lowest BCUT2D eigenvalue weighted by atomic mass is 10.0. The Morgan fingerprint density at radius 3 is 2.28 bits per heavy atom. The van der Waals surface area contributed by atoms with E-state index in [1.165, 1.54) is 25.2 Å². The summed E-state index contributed by atoms with van der Waals surface area (Å²) >= 11 is 1.26. The minimum atomic E-state index is -1.11. The standard InChI is InChI=1S/C21H24N2O5S/c1-12(2)18(23-20(26)17-10-7-11-29-17)21(27)28-14(4)19(25)22-16-9-6-5-8-15(16)13(3)24/h5-12,14,18H,1-4H3,(H,22,25)(H,23,26)/t14-,18+/m1/s1. The molecule has 0 fully saturated rings. The van der Waals surface area contributed by atoms with Gasteiger partial charge in [0.25, 0.3) is 11.8 Å². The maximum absolute atomic E-state index is 12.6. The Morgan fingerprint density at radius 1 is 1.00 bits per heavy atom. The molecule has 0 saturated heterocycles. The van der Waals surface area contributed by atoms with Crippen LogP contribution in [0.15, 0.2) is 41.8 Å². The quantitative estimate of drug-likeness (QED) is 0.508. The fourth-order valence-corrected chi connectivity index (χ4v) is 3.18. The zero-order valence-corrected chi connectivity index (χ0v) is 17.5. The predicted octanol–water partition coefficient (Wildman–Crippen LogP) is 3.28. The van der Waals surface area contributed by atoms with Crippen molar-refractivity contribution in [3.63, 3.8) is 0 Å². The van der Waals surface area contributed by atoms with Gasteiger partial charge < -0.3 is 15.4 Å². The second-order valence-electron chi connectivity index (χ2n) is 6.84. The topological polar surface area (TPSA) is 102 Å². The average molecular weight is 416 g/mol. The molecule has 2 N–H and O–H groups in total. The number of hydrogen-bond acceptors (Lipinski definition) is 6. The maximum atomic E-state index is 12.6. The highest BCUT2D eigenvalue weighted by Crippen LogP contribution is 2.17. The van der Waals surface area contributed by atoms with Gasteiger partial charge in [-0.2, -0.15) is 0 Å². The summed E-state index contributed by atoms with van der Waals surface area (Å²) in [6.45, 7) is 6.38. The Bertz CT molecular complexity index is 892. The zero-order valence-electron chi connectivity index (χ0n) is 16.7. The molecule has 0 radical (unpaired) electrons. The van der Waals surface area contributed by atoms with E-state index in [0.29, 0.717) is 16.1 Å². The lowest BCUT2D eigenvalue weighted by Crippen LogP contribution is -2.47. The number of ketones is 1. The number of carbonyl (C=O) groups is 4. The van der Waals surface area contributed by atoms with Crippen molar-refractivity contribution in [2.75, 3.05) is 5.32 Å². The molecule has 0 aliphatic rings. The molecule has 2 rings (SSSR count). The lowest BCUT2D eigenvalue weighted by Gasteiger charge is -2.23. The number of nitrogens with one attached hydrogen (secondary N) is 2. The molecule has 0 bridgehead atoms. The van der Waals surface area contributed by atoms with Crippen molar-refractivity contribution in [3.8, 4) is 0 Å². The molecule has 2 atom stereocenters. The third-order valence-corrected chi connectivity index (χ3v) is 5.05. The van der Waals surface area contributed by atoms with Crippen LogP contribution in [0.5, 0.6) is 0 Å². The van der Waals surface area contributed by atoms with Gasteiger partial charge >= 0.3 is 5.97 Å². The lowest BCUT2D eigenvalue weighted by molar-refractivity contribution is -0.156. The average Bonchev–Trinajstić information content (AvgIpc) is 3.20. The van der Waals surface area contributed by atoms with E-state index in [1.807, 2.05) is 0 Å². The molecule has 0 saturated carbocycles. The molecule has 0 spiro atoms. The van der Waals surface area contributed by atoms with E-state index in [-0.39, 0.29) is 17.6 Å². The molecule has 1 aromatic carbocycles. The number of anilines is 1. The summed E-state index contributed by atoms with van der Waals surface area (Å²) in [7, 11) is 0. The van der Waals surface area contributed by atoms with Crippen LogP contribution in [0, 0.1) is 5.92 Å². The predicted molar refractivity (Wildman–Crippen MR) is 111 cm³/mol. The normalized spacial score (nSPS) is 12.7. The number of benzene rings is 1. The first kappa shape index (κ1) is 22.3. The Labute approximate surface area is 173 Å². The molecule has 29 heavy (non-hydrogen) atoms. The molecular formula is C21H24N2O5S. The summed E-state index contributed by atoms with van der Waals surface area (Å²) in [4.78, 5) is 49.4. The van der Waals surface area contributed by atoms with Gasteiger partial charge in [0.1, 0.15) is 6.04 Å². The van der Waals surface area contributed by atoms with Crippen LogP contribution in [0.2, 0.25) is 0 Å². The van der Waals surface area contributed by atoms with Crippen molar-refractivity contribution in [2.45, 2.75) is 39.8 Å². The third-order valence-electron chi connectivity index (χ3n) is 4.18. The number of amides is 2. The van der Waals surface area contributed by atoms with E-state index in [2.05, 4.69) is 10.6 Å². The molecule has 8 heteroatoms. The van der Waals surface area contributed by atoms with Crippen LogP contribution in [-0.2, 0) is 14.3 Å². The summed E-state index contributed by atoms with van der Waals surface area (Å²) in [5.74, 6) is -2.07. The first-order valence-electron chi connectivity index (χ1n) is 9.16. The van der Waals surface area contributed by atoms with Crippen molar-refractivity contribution >= 4 is 40.6 Å². The van der Waals surface area contributed by atoms with E-state index in [0.717, 1.165) is 0 Å². The number of esters is 1. The first-order valence-corrected chi connectivity index (χ1v) is 10.0. The fraction of sp³-hybridized carbons (Fsp3) is 0.333. The van der Waals surface area contributed by atoms with Gasteiger partial charge in [0.15, 0.2) is 11.9 Å². The van der Waals surface area contributed by atoms with Crippen molar-refractivity contribution in [1.82, 2.24) is 5.32 Å². The molecular weight excluding hydrogens is 392 g/mol. The highest BCUT2D eigenvalue weighted by atomic mass is 32.1. The van der Waals surface area contributed by atoms with Crippen molar-refractivity contribution in [2.24, 2.45) is 5.92 Å². The van der Waals surface area contributed by atoms with Crippen LogP contribution in [-0.4, -0.2) is 35.7 Å². The number of rotatable bonds is 8. The number of para-hydroxylation sites is 1. The number of hydrogen-bond donors (Lipinski definition) is 2. The van der Waals surface area contributed by atoms with Gasteiger partial charge in [0, 0.05) is 5.56 Å². The molecule has 0 aliphatic carbocycles. The van der Waals surface area contributed by atoms with Gasteiger partial charge in [-0.15, -0.1) is 11.3 Å². The molecule has 2 amide bonds. The number of carbonyl (C=O) groups excluding carboxylic acids is 4. The number of thiophene rings is 1. The Kier molecular flexibility index (Phi) is 7.67. The first-order chi connectivity index (χ1) is 13.7. The zero-order chi connectivity index (χ0) is 21.6. The van der Waals surface area contributed by atoms with Gasteiger partial charge in [-0.1, -0.05) is 32.0 Å². The van der Waals surface area contributed by atoms with Crippen molar-refractivity contribution < 1.29 is 23.9 Å². The highest BCUT2D eigenvalue weighted by Gasteiger charge is 2.29. The Hall–Kier alpha value is -3.00. The highest BCUT2D eigenvalue weighted by molar-refractivity contribution is 7.12. The molecule has 0 unspecified atom stereocenters. The second-order valence-corrected chi connectivity index (χ2v) is 7.79. The minimum Gasteiger partial charge on any atom is -0.451 e. The third kappa shape index (κ3) is 5.99. The van der Waals surface area contributed by atoms with Crippen molar-refractivity contribution in [1.29, 1.82) is 0 Å². The molecule has 7 nitrogen and oxygen atoms in total.